The lowest BCUT2D eigenvalue weighted by Crippen LogP contribution is -2.42. The monoisotopic (exact) mass is 272 g/mol. The van der Waals surface area contributed by atoms with E-state index in [2.05, 4.69) is 18.0 Å². The summed E-state index contributed by atoms with van der Waals surface area (Å²) >= 11 is 0. The zero-order chi connectivity index (χ0) is 14.0. The molecule has 1 saturated heterocycles. The third kappa shape index (κ3) is 2.52. The standard InChI is InChI=1S/C16H20N2O2/c1-18(14-4-2-13(12-17)3-5-14)15-6-8-16(9-7-15)19-10-11-20-16/h2-5,15H,6-11H2,1H3. The molecule has 0 N–H and O–H groups in total. The molecule has 1 aliphatic heterocycles. The van der Waals surface area contributed by atoms with Gasteiger partial charge in [-0.2, -0.15) is 5.26 Å². The molecule has 0 radical (unpaired) electrons. The van der Waals surface area contributed by atoms with E-state index < -0.39 is 0 Å². The van der Waals surface area contributed by atoms with Crippen LogP contribution in [0.15, 0.2) is 24.3 Å². The van der Waals surface area contributed by atoms with Crippen LogP contribution in [0.1, 0.15) is 31.2 Å². The van der Waals surface area contributed by atoms with Crippen molar-refractivity contribution in [3.63, 3.8) is 0 Å². The van der Waals surface area contributed by atoms with Crippen LogP contribution in [0.5, 0.6) is 0 Å². The Morgan fingerprint density at radius 2 is 1.75 bits per heavy atom. The van der Waals surface area contributed by atoms with Gasteiger partial charge in [0, 0.05) is 31.6 Å². The van der Waals surface area contributed by atoms with Gasteiger partial charge in [0.25, 0.3) is 0 Å². The first-order chi connectivity index (χ1) is 9.72. The Morgan fingerprint density at radius 1 is 1.15 bits per heavy atom. The van der Waals surface area contributed by atoms with Gasteiger partial charge in [-0.1, -0.05) is 0 Å². The normalized spacial score (nSPS) is 21.8. The lowest BCUT2D eigenvalue weighted by atomic mass is 9.89. The van der Waals surface area contributed by atoms with E-state index in [0.717, 1.165) is 38.9 Å². The van der Waals surface area contributed by atoms with Crippen LogP contribution in [0, 0.1) is 11.3 Å². The van der Waals surface area contributed by atoms with Crippen molar-refractivity contribution in [2.24, 2.45) is 0 Å². The molecule has 0 atom stereocenters. The third-order valence-corrected chi connectivity index (χ3v) is 4.48. The van der Waals surface area contributed by atoms with E-state index in [-0.39, 0.29) is 5.79 Å². The average molecular weight is 272 g/mol. The molecule has 20 heavy (non-hydrogen) atoms. The Bertz CT molecular complexity index is 490. The van der Waals surface area contributed by atoms with Gasteiger partial charge in [-0.15, -0.1) is 0 Å². The molecule has 3 rings (SSSR count). The smallest absolute Gasteiger partial charge is 0.168 e. The van der Waals surface area contributed by atoms with Gasteiger partial charge in [0.1, 0.15) is 0 Å². The molecule has 1 spiro atoms. The first-order valence-electron chi connectivity index (χ1n) is 7.23. The lowest BCUT2D eigenvalue weighted by molar-refractivity contribution is -0.178. The molecule has 0 unspecified atom stereocenters. The Labute approximate surface area is 119 Å². The second kappa shape index (κ2) is 5.43. The predicted molar refractivity (Wildman–Crippen MR) is 76.5 cm³/mol. The number of nitriles is 1. The average Bonchev–Trinajstić information content (AvgIpc) is 2.96. The molecule has 106 valence electrons. The quantitative estimate of drug-likeness (QED) is 0.830. The van der Waals surface area contributed by atoms with Crippen LogP contribution in [-0.2, 0) is 9.47 Å². The fourth-order valence-electron chi connectivity index (χ4n) is 3.20. The Hall–Kier alpha value is -1.57. The minimum absolute atomic E-state index is 0.290. The summed E-state index contributed by atoms with van der Waals surface area (Å²) < 4.78 is 11.5. The second-order valence-corrected chi connectivity index (χ2v) is 5.61. The number of nitrogens with zero attached hydrogens (tertiary/aromatic N) is 2. The minimum Gasteiger partial charge on any atom is -0.372 e. The summed E-state index contributed by atoms with van der Waals surface area (Å²) in [5.74, 6) is -0.290. The van der Waals surface area contributed by atoms with Crippen molar-refractivity contribution < 1.29 is 9.47 Å². The number of hydrogen-bond donors (Lipinski definition) is 0. The number of rotatable bonds is 2. The van der Waals surface area contributed by atoms with E-state index >= 15 is 0 Å². The predicted octanol–water partition coefficient (Wildman–Crippen LogP) is 2.68. The van der Waals surface area contributed by atoms with E-state index in [9.17, 15) is 0 Å². The summed E-state index contributed by atoms with van der Waals surface area (Å²) in [6, 6.07) is 10.5. The van der Waals surface area contributed by atoms with Gasteiger partial charge in [-0.3, -0.25) is 0 Å². The van der Waals surface area contributed by atoms with Crippen LogP contribution in [-0.4, -0.2) is 32.1 Å². The van der Waals surface area contributed by atoms with Crippen molar-refractivity contribution >= 4 is 5.69 Å². The summed E-state index contributed by atoms with van der Waals surface area (Å²) in [6.07, 6.45) is 4.10. The highest BCUT2D eigenvalue weighted by molar-refractivity contribution is 5.49. The Kier molecular flexibility index (Phi) is 3.64. The zero-order valence-electron chi connectivity index (χ0n) is 11.8. The van der Waals surface area contributed by atoms with Crippen LogP contribution < -0.4 is 4.90 Å². The molecule has 0 aromatic heterocycles. The molecule has 1 heterocycles. The van der Waals surface area contributed by atoms with Crippen LogP contribution in [0.25, 0.3) is 0 Å². The number of ether oxygens (including phenoxy) is 2. The van der Waals surface area contributed by atoms with Crippen molar-refractivity contribution in [1.29, 1.82) is 5.26 Å². The molecule has 0 bridgehead atoms. The maximum absolute atomic E-state index is 8.84. The topological polar surface area (TPSA) is 45.5 Å². The van der Waals surface area contributed by atoms with Crippen LogP contribution in [0.4, 0.5) is 5.69 Å². The second-order valence-electron chi connectivity index (χ2n) is 5.61. The van der Waals surface area contributed by atoms with Gasteiger partial charge in [-0.05, 0) is 37.1 Å². The molecule has 4 nitrogen and oxygen atoms in total. The molecule has 1 aromatic rings. The molecule has 0 amide bonds. The first kappa shape index (κ1) is 13.4. The van der Waals surface area contributed by atoms with Crippen molar-refractivity contribution in [2.45, 2.75) is 37.5 Å². The first-order valence-corrected chi connectivity index (χ1v) is 7.23. The van der Waals surface area contributed by atoms with Gasteiger partial charge in [0.2, 0.25) is 0 Å². The lowest BCUT2D eigenvalue weighted by Gasteiger charge is -2.39. The molecular weight excluding hydrogens is 252 g/mol. The van der Waals surface area contributed by atoms with Crippen LogP contribution in [0.3, 0.4) is 0 Å². The van der Waals surface area contributed by atoms with E-state index in [1.807, 2.05) is 24.3 Å². The van der Waals surface area contributed by atoms with Crippen LogP contribution in [0.2, 0.25) is 0 Å². The van der Waals surface area contributed by atoms with Crippen LogP contribution >= 0.6 is 0 Å². The van der Waals surface area contributed by atoms with Crippen molar-refractivity contribution in [3.8, 4) is 6.07 Å². The highest BCUT2D eigenvalue weighted by Gasteiger charge is 2.41. The summed E-state index contributed by atoms with van der Waals surface area (Å²) in [5.41, 5.74) is 1.87. The van der Waals surface area contributed by atoms with Gasteiger partial charge < -0.3 is 14.4 Å². The molecule has 2 aliphatic rings. The van der Waals surface area contributed by atoms with Gasteiger partial charge in [-0.25, -0.2) is 0 Å². The van der Waals surface area contributed by atoms with E-state index in [0.29, 0.717) is 11.6 Å². The van der Waals surface area contributed by atoms with Gasteiger partial charge in [0.15, 0.2) is 5.79 Å². The SMILES string of the molecule is CN(c1ccc(C#N)cc1)C1CCC2(CC1)OCCO2. The van der Waals surface area contributed by atoms with E-state index in [4.69, 9.17) is 14.7 Å². The number of hydrogen-bond acceptors (Lipinski definition) is 4. The van der Waals surface area contributed by atoms with Crippen molar-refractivity contribution in [3.05, 3.63) is 29.8 Å². The van der Waals surface area contributed by atoms with E-state index in [1.165, 1.54) is 5.69 Å². The van der Waals surface area contributed by atoms with Gasteiger partial charge in [0.05, 0.1) is 24.8 Å². The van der Waals surface area contributed by atoms with Crippen molar-refractivity contribution in [1.82, 2.24) is 0 Å². The molecule has 2 fully saturated rings. The fourth-order valence-corrected chi connectivity index (χ4v) is 3.20. The minimum atomic E-state index is -0.290. The highest BCUT2D eigenvalue weighted by Crippen LogP contribution is 2.37. The highest BCUT2D eigenvalue weighted by atomic mass is 16.7. The molecule has 4 heteroatoms. The van der Waals surface area contributed by atoms with E-state index in [1.54, 1.807) is 0 Å². The zero-order valence-corrected chi connectivity index (χ0v) is 11.8. The maximum Gasteiger partial charge on any atom is 0.168 e. The molecular formula is C16H20N2O2. The van der Waals surface area contributed by atoms with Crippen molar-refractivity contribution in [2.75, 3.05) is 25.2 Å². The summed E-state index contributed by atoms with van der Waals surface area (Å²) in [7, 11) is 2.13. The fraction of sp³-hybridized carbons (Fsp3) is 0.562. The Morgan fingerprint density at radius 3 is 2.30 bits per heavy atom. The summed E-state index contributed by atoms with van der Waals surface area (Å²) in [4.78, 5) is 2.31. The number of anilines is 1. The van der Waals surface area contributed by atoms with Gasteiger partial charge >= 0.3 is 0 Å². The molecule has 1 saturated carbocycles. The molecule has 1 aromatic carbocycles. The molecule has 1 aliphatic carbocycles. The summed E-state index contributed by atoms with van der Waals surface area (Å²) in [5, 5.41) is 8.84. The Balaban J connectivity index is 1.63. The maximum atomic E-state index is 8.84. The number of benzene rings is 1. The third-order valence-electron chi connectivity index (χ3n) is 4.48. The summed E-state index contributed by atoms with van der Waals surface area (Å²) in [6.45, 7) is 1.46. The largest absolute Gasteiger partial charge is 0.372 e.